The van der Waals surface area contributed by atoms with Crippen molar-refractivity contribution in [3.63, 3.8) is 0 Å². The minimum Gasteiger partial charge on any atom is -0.507 e. The molecule has 0 atom stereocenters. The van der Waals surface area contributed by atoms with E-state index in [0.29, 0.717) is 12.2 Å². The summed E-state index contributed by atoms with van der Waals surface area (Å²) in [6.45, 7) is 14.2. The third-order valence-corrected chi connectivity index (χ3v) is 3.17. The Hall–Kier alpha value is -1.51. The number of benzene rings is 1. The highest BCUT2D eigenvalue weighted by Gasteiger charge is 2.29. The van der Waals surface area contributed by atoms with Crippen LogP contribution in [-0.2, 0) is 15.6 Å². The van der Waals surface area contributed by atoms with Gasteiger partial charge in [0.15, 0.2) is 0 Å². The first kappa shape index (κ1) is 16.5. The first-order valence-corrected chi connectivity index (χ1v) is 7.05. The number of rotatable bonds is 2. The number of hydrogen-bond donors (Lipinski definition) is 1. The number of phenolic OH excluding ortho intramolecular Hbond substituents is 1. The summed E-state index contributed by atoms with van der Waals surface area (Å²) in [6, 6.07) is 3.40. The van der Waals surface area contributed by atoms with Crippen LogP contribution in [0.2, 0.25) is 0 Å². The lowest BCUT2D eigenvalue weighted by atomic mass is 9.74. The summed E-state index contributed by atoms with van der Waals surface area (Å²) in [7, 11) is 0. The van der Waals surface area contributed by atoms with Crippen LogP contribution in [0.15, 0.2) is 12.1 Å². The highest BCUT2D eigenvalue weighted by atomic mass is 16.5. The van der Waals surface area contributed by atoms with Crippen LogP contribution in [-0.4, -0.2) is 11.1 Å². The molecule has 0 aliphatic rings. The highest BCUT2D eigenvalue weighted by molar-refractivity contribution is 5.72. The fourth-order valence-electron chi connectivity index (χ4n) is 2.24. The average Bonchev–Trinajstić information content (AvgIpc) is 2.24. The van der Waals surface area contributed by atoms with Crippen molar-refractivity contribution in [2.24, 2.45) is 0 Å². The normalized spacial score (nSPS) is 12.3. The molecule has 0 spiro atoms. The quantitative estimate of drug-likeness (QED) is 0.648. The maximum Gasteiger partial charge on any atom is 0.310 e. The molecular formula is C17H26O3. The van der Waals surface area contributed by atoms with Crippen molar-refractivity contribution in [3.8, 4) is 11.5 Å². The van der Waals surface area contributed by atoms with Gasteiger partial charge in [-0.1, -0.05) is 48.5 Å². The fraction of sp³-hybridized carbons (Fsp3) is 0.588. The molecule has 3 heteroatoms. The van der Waals surface area contributed by atoms with Gasteiger partial charge in [0.25, 0.3) is 0 Å². The van der Waals surface area contributed by atoms with Crippen LogP contribution in [0.1, 0.15) is 66.0 Å². The van der Waals surface area contributed by atoms with Crippen molar-refractivity contribution in [2.45, 2.75) is 65.7 Å². The number of carbonyl (C=O) groups is 1. The van der Waals surface area contributed by atoms with Gasteiger partial charge in [-0.15, -0.1) is 0 Å². The van der Waals surface area contributed by atoms with Crippen molar-refractivity contribution >= 4 is 5.97 Å². The van der Waals surface area contributed by atoms with E-state index in [2.05, 4.69) is 41.5 Å². The third-order valence-electron chi connectivity index (χ3n) is 3.17. The van der Waals surface area contributed by atoms with Crippen LogP contribution in [0.4, 0.5) is 0 Å². The molecule has 0 amide bonds. The molecule has 1 aromatic carbocycles. The summed E-state index contributed by atoms with van der Waals surface area (Å²) >= 11 is 0. The molecule has 20 heavy (non-hydrogen) atoms. The van der Waals surface area contributed by atoms with Crippen LogP contribution in [0.25, 0.3) is 0 Å². The molecule has 1 aromatic rings. The van der Waals surface area contributed by atoms with Gasteiger partial charge in [-0.3, -0.25) is 4.79 Å². The molecule has 1 rings (SSSR count). The lowest BCUT2D eigenvalue weighted by molar-refractivity contribution is -0.134. The van der Waals surface area contributed by atoms with Gasteiger partial charge >= 0.3 is 5.97 Å². The fourth-order valence-corrected chi connectivity index (χ4v) is 2.24. The van der Waals surface area contributed by atoms with E-state index in [-0.39, 0.29) is 22.5 Å². The largest absolute Gasteiger partial charge is 0.507 e. The molecular weight excluding hydrogens is 252 g/mol. The molecule has 0 heterocycles. The topological polar surface area (TPSA) is 46.5 Å². The number of aromatic hydroxyl groups is 1. The van der Waals surface area contributed by atoms with E-state index in [1.54, 1.807) is 6.92 Å². The lowest BCUT2D eigenvalue weighted by Gasteiger charge is -2.31. The summed E-state index contributed by atoms with van der Waals surface area (Å²) in [6.07, 6.45) is 0.312. The van der Waals surface area contributed by atoms with E-state index in [4.69, 9.17) is 4.74 Å². The first-order valence-electron chi connectivity index (χ1n) is 7.05. The highest BCUT2D eigenvalue weighted by Crippen LogP contribution is 2.41. The van der Waals surface area contributed by atoms with Crippen molar-refractivity contribution in [3.05, 3.63) is 23.3 Å². The van der Waals surface area contributed by atoms with Gasteiger partial charge in [0.1, 0.15) is 11.5 Å². The van der Waals surface area contributed by atoms with Gasteiger partial charge in [0.2, 0.25) is 0 Å². The second-order valence-corrected chi connectivity index (χ2v) is 7.19. The maximum atomic E-state index is 11.4. The molecule has 0 saturated carbocycles. The van der Waals surface area contributed by atoms with Crippen LogP contribution in [0, 0.1) is 0 Å². The van der Waals surface area contributed by atoms with Gasteiger partial charge in [0, 0.05) is 18.1 Å². The lowest BCUT2D eigenvalue weighted by Crippen LogP contribution is -2.22. The Morgan fingerprint density at radius 2 is 1.65 bits per heavy atom. The predicted molar refractivity (Wildman–Crippen MR) is 81.4 cm³/mol. The molecule has 0 bridgehead atoms. The van der Waals surface area contributed by atoms with Gasteiger partial charge in [-0.25, -0.2) is 0 Å². The van der Waals surface area contributed by atoms with Crippen molar-refractivity contribution in [2.75, 3.05) is 0 Å². The molecule has 0 aliphatic heterocycles. The minimum atomic E-state index is -0.298. The second kappa shape index (κ2) is 5.47. The monoisotopic (exact) mass is 278 g/mol. The van der Waals surface area contributed by atoms with Crippen LogP contribution in [0.3, 0.4) is 0 Å². The summed E-state index contributed by atoms with van der Waals surface area (Å²) in [5.74, 6) is 0.295. The Bertz CT molecular complexity index is 502. The van der Waals surface area contributed by atoms with E-state index in [0.717, 1.165) is 11.1 Å². The van der Waals surface area contributed by atoms with Crippen LogP contribution in [0.5, 0.6) is 11.5 Å². The van der Waals surface area contributed by atoms with Gasteiger partial charge in [-0.05, 0) is 22.5 Å². The molecule has 0 saturated heterocycles. The SMILES string of the molecule is CCC(=O)Oc1cc(O)c(C(C)(C)C)c(C(C)(C)C)c1. The van der Waals surface area contributed by atoms with Gasteiger partial charge in [0.05, 0.1) is 0 Å². The zero-order chi connectivity index (χ0) is 15.7. The number of carbonyl (C=O) groups excluding carboxylic acids is 1. The van der Waals surface area contributed by atoms with Crippen molar-refractivity contribution < 1.29 is 14.6 Å². The standard InChI is InChI=1S/C17H26O3/c1-8-14(19)20-11-9-12(16(2,3)4)15(13(18)10-11)17(5,6)7/h9-10,18H,8H2,1-7H3. The van der Waals surface area contributed by atoms with Gasteiger partial charge in [-0.2, -0.15) is 0 Å². The zero-order valence-corrected chi connectivity index (χ0v) is 13.6. The van der Waals surface area contributed by atoms with Gasteiger partial charge < -0.3 is 9.84 Å². The summed E-state index contributed by atoms with van der Waals surface area (Å²) in [4.78, 5) is 11.4. The molecule has 0 aliphatic carbocycles. The number of ether oxygens (including phenoxy) is 1. The summed E-state index contributed by atoms with van der Waals surface area (Å²) < 4.78 is 5.25. The van der Waals surface area contributed by atoms with E-state index in [1.165, 1.54) is 6.07 Å². The van der Waals surface area contributed by atoms with Crippen molar-refractivity contribution in [1.82, 2.24) is 0 Å². The molecule has 1 N–H and O–H groups in total. The second-order valence-electron chi connectivity index (χ2n) is 7.19. The van der Waals surface area contributed by atoms with E-state index < -0.39 is 0 Å². The zero-order valence-electron chi connectivity index (χ0n) is 13.6. The molecule has 0 unspecified atom stereocenters. The summed E-state index contributed by atoms with van der Waals surface area (Å²) in [5, 5.41) is 10.4. The molecule has 0 radical (unpaired) electrons. The number of esters is 1. The average molecular weight is 278 g/mol. The van der Waals surface area contributed by atoms with E-state index >= 15 is 0 Å². The Morgan fingerprint density at radius 1 is 1.10 bits per heavy atom. The Balaban J connectivity index is 3.46. The maximum absolute atomic E-state index is 11.4. The van der Waals surface area contributed by atoms with Crippen LogP contribution >= 0.6 is 0 Å². The molecule has 0 aromatic heterocycles. The Labute approximate surface area is 122 Å². The van der Waals surface area contributed by atoms with E-state index in [1.807, 2.05) is 6.07 Å². The predicted octanol–water partition coefficient (Wildman–Crippen LogP) is 4.30. The third kappa shape index (κ3) is 3.75. The molecule has 0 fully saturated rings. The summed E-state index contributed by atoms with van der Waals surface area (Å²) in [5.41, 5.74) is 1.58. The minimum absolute atomic E-state index is 0.144. The molecule has 112 valence electrons. The number of phenols is 1. The first-order chi connectivity index (χ1) is 8.96. The number of hydrogen-bond acceptors (Lipinski definition) is 3. The van der Waals surface area contributed by atoms with Crippen LogP contribution < -0.4 is 4.74 Å². The Kier molecular flexibility index (Phi) is 4.52. The van der Waals surface area contributed by atoms with E-state index in [9.17, 15) is 9.90 Å². The smallest absolute Gasteiger partial charge is 0.310 e. The van der Waals surface area contributed by atoms with Crippen molar-refractivity contribution in [1.29, 1.82) is 0 Å². The Morgan fingerprint density at radius 3 is 2.05 bits per heavy atom. The molecule has 3 nitrogen and oxygen atoms in total.